The Morgan fingerprint density at radius 1 is 1.26 bits per heavy atom. The van der Waals surface area contributed by atoms with Crippen molar-refractivity contribution in [2.75, 3.05) is 7.11 Å². The van der Waals surface area contributed by atoms with Gasteiger partial charge >= 0.3 is 5.97 Å². The van der Waals surface area contributed by atoms with Crippen molar-refractivity contribution >= 4 is 63.5 Å². The highest BCUT2D eigenvalue weighted by Gasteiger charge is 2.45. The minimum Gasteiger partial charge on any atom is -0.468 e. The first-order valence-corrected chi connectivity index (χ1v) is 10.6. The van der Waals surface area contributed by atoms with E-state index in [2.05, 4.69) is 0 Å². The molecule has 0 spiro atoms. The van der Waals surface area contributed by atoms with Gasteiger partial charge in [-0.3, -0.25) is 14.5 Å². The number of carbonyl (C=O) groups is 2. The molecular weight excluding hydrogens is 422 g/mol. The Morgan fingerprint density at radius 3 is 2.56 bits per heavy atom. The summed E-state index contributed by atoms with van der Waals surface area (Å²) < 4.78 is 5.42. The summed E-state index contributed by atoms with van der Waals surface area (Å²) in [6, 6.07) is 16.7. The minimum atomic E-state index is -0.701. The number of hydrogen-bond acceptors (Lipinski definition) is 6. The van der Waals surface area contributed by atoms with Crippen LogP contribution in [0.3, 0.4) is 0 Å². The molecule has 2 atom stereocenters. The van der Waals surface area contributed by atoms with Crippen molar-refractivity contribution in [1.82, 2.24) is 4.90 Å². The van der Waals surface area contributed by atoms with Crippen LogP contribution in [0.1, 0.15) is 5.56 Å². The van der Waals surface area contributed by atoms with Crippen LogP contribution in [-0.4, -0.2) is 38.7 Å². The molecule has 140 valence electrons. The molecule has 2 aromatic rings. The molecular formula is C19H16ClNO3S3. The lowest BCUT2D eigenvalue weighted by Crippen LogP contribution is -2.38. The first-order valence-electron chi connectivity index (χ1n) is 8.05. The zero-order valence-corrected chi connectivity index (χ0v) is 17.5. The average molecular weight is 438 g/mol. The minimum absolute atomic E-state index is 0.175. The normalized spacial score (nSPS) is 17.9. The van der Waals surface area contributed by atoms with E-state index in [0.717, 1.165) is 10.5 Å². The van der Waals surface area contributed by atoms with E-state index in [1.54, 1.807) is 17.0 Å². The molecule has 0 N–H and O–H groups in total. The van der Waals surface area contributed by atoms with Crippen molar-refractivity contribution in [1.29, 1.82) is 0 Å². The summed E-state index contributed by atoms with van der Waals surface area (Å²) in [6.45, 7) is 0.390. The van der Waals surface area contributed by atoms with Crippen LogP contribution < -0.4 is 0 Å². The van der Waals surface area contributed by atoms with Crippen LogP contribution in [0, 0.1) is 0 Å². The molecule has 0 aliphatic carbocycles. The maximum absolute atomic E-state index is 13.0. The van der Waals surface area contributed by atoms with E-state index in [1.807, 2.05) is 42.5 Å². The monoisotopic (exact) mass is 437 g/mol. The summed E-state index contributed by atoms with van der Waals surface area (Å²) in [7, 11) is 1.32. The highest BCUT2D eigenvalue weighted by atomic mass is 35.5. The van der Waals surface area contributed by atoms with Gasteiger partial charge in [-0.15, -0.1) is 11.8 Å². The Labute approximate surface area is 176 Å². The molecule has 1 aliphatic heterocycles. The van der Waals surface area contributed by atoms with Crippen molar-refractivity contribution in [3.63, 3.8) is 0 Å². The third kappa shape index (κ3) is 4.85. The quantitative estimate of drug-likeness (QED) is 0.379. The number of nitrogens with zero attached hydrogens (tertiary/aromatic N) is 1. The van der Waals surface area contributed by atoms with E-state index in [0.29, 0.717) is 15.9 Å². The molecule has 1 saturated heterocycles. The predicted octanol–water partition coefficient (Wildman–Crippen LogP) is 4.40. The van der Waals surface area contributed by atoms with Crippen molar-refractivity contribution in [2.24, 2.45) is 0 Å². The van der Waals surface area contributed by atoms with E-state index in [1.165, 1.54) is 30.6 Å². The lowest BCUT2D eigenvalue weighted by atomic mass is 10.2. The second-order valence-corrected chi connectivity index (χ2v) is 9.16. The number of methoxy groups -OCH3 is 1. The predicted molar refractivity (Wildman–Crippen MR) is 114 cm³/mol. The first kappa shape index (κ1) is 20.2. The van der Waals surface area contributed by atoms with Crippen LogP contribution in [0.5, 0.6) is 0 Å². The van der Waals surface area contributed by atoms with Crippen LogP contribution in [-0.2, 0) is 20.9 Å². The van der Waals surface area contributed by atoms with Crippen molar-refractivity contribution in [3.05, 3.63) is 65.2 Å². The number of amides is 1. The fraction of sp³-hybridized carbons (Fsp3) is 0.211. The van der Waals surface area contributed by atoms with Crippen LogP contribution >= 0.6 is 47.3 Å². The third-order valence-corrected chi connectivity index (χ3v) is 7.27. The molecule has 1 aliphatic rings. The van der Waals surface area contributed by atoms with Gasteiger partial charge in [0.25, 0.3) is 0 Å². The number of benzene rings is 2. The molecule has 1 amide bonds. The van der Waals surface area contributed by atoms with Crippen molar-refractivity contribution in [3.8, 4) is 0 Å². The number of halogens is 1. The standard InChI is InChI=1S/C19H16ClNO3S3/c1-24-18(23)16(26-14-9-7-13(20)8-10-14)15-17(22)21(19(25)27-15)11-12-5-3-2-4-6-12/h2-10,15-16H,11H2,1H3/t15-,16-/m1/s1. The van der Waals surface area contributed by atoms with Crippen LogP contribution in [0.4, 0.5) is 0 Å². The Morgan fingerprint density at radius 2 is 1.93 bits per heavy atom. The van der Waals surface area contributed by atoms with Gasteiger partial charge in [-0.2, -0.15) is 0 Å². The molecule has 1 heterocycles. The highest BCUT2D eigenvalue weighted by molar-refractivity contribution is 8.24. The van der Waals surface area contributed by atoms with Crippen molar-refractivity contribution in [2.45, 2.75) is 21.9 Å². The zero-order valence-electron chi connectivity index (χ0n) is 14.3. The SMILES string of the molecule is COC(=O)[C@H](Sc1ccc(Cl)cc1)[C@H]1SC(=S)N(Cc2ccccc2)C1=O. The van der Waals surface area contributed by atoms with Gasteiger partial charge in [0.15, 0.2) is 0 Å². The third-order valence-electron chi connectivity index (χ3n) is 3.93. The molecule has 0 unspecified atom stereocenters. The number of esters is 1. The lowest BCUT2D eigenvalue weighted by molar-refractivity contribution is -0.141. The van der Waals surface area contributed by atoms with E-state index in [9.17, 15) is 9.59 Å². The summed E-state index contributed by atoms with van der Waals surface area (Å²) in [5, 5.41) is -0.725. The number of thioether (sulfide) groups is 2. The van der Waals surface area contributed by atoms with Gasteiger partial charge in [0.05, 0.1) is 13.7 Å². The maximum Gasteiger partial charge on any atom is 0.320 e. The van der Waals surface area contributed by atoms with Crippen LogP contribution in [0.2, 0.25) is 5.02 Å². The molecule has 1 fully saturated rings. The largest absolute Gasteiger partial charge is 0.468 e. The Kier molecular flexibility index (Phi) is 6.81. The molecule has 27 heavy (non-hydrogen) atoms. The molecule has 4 nitrogen and oxygen atoms in total. The summed E-state index contributed by atoms with van der Waals surface area (Å²) in [5.41, 5.74) is 0.981. The number of carbonyl (C=O) groups excluding carboxylic acids is 2. The fourth-order valence-corrected chi connectivity index (χ4v) is 5.48. The maximum atomic E-state index is 13.0. The summed E-state index contributed by atoms with van der Waals surface area (Å²) in [4.78, 5) is 27.8. The Bertz CT molecular complexity index is 845. The molecule has 0 aromatic heterocycles. The molecule has 2 aromatic carbocycles. The number of hydrogen-bond donors (Lipinski definition) is 0. The van der Waals surface area contributed by atoms with Gasteiger partial charge in [-0.25, -0.2) is 0 Å². The van der Waals surface area contributed by atoms with Gasteiger partial charge in [0, 0.05) is 9.92 Å². The lowest BCUT2D eigenvalue weighted by Gasteiger charge is -2.20. The molecule has 8 heteroatoms. The van der Waals surface area contributed by atoms with Gasteiger partial charge in [-0.1, -0.05) is 65.9 Å². The van der Waals surface area contributed by atoms with Gasteiger partial charge in [0.1, 0.15) is 14.8 Å². The van der Waals surface area contributed by atoms with Crippen LogP contribution in [0.25, 0.3) is 0 Å². The number of ether oxygens (including phenoxy) is 1. The van der Waals surface area contributed by atoms with Gasteiger partial charge in [0.2, 0.25) is 5.91 Å². The topological polar surface area (TPSA) is 46.6 Å². The molecule has 0 bridgehead atoms. The van der Waals surface area contributed by atoms with Gasteiger partial charge < -0.3 is 4.74 Å². The molecule has 3 rings (SSSR count). The average Bonchev–Trinajstić information content (AvgIpc) is 2.96. The summed E-state index contributed by atoms with van der Waals surface area (Å²) >= 11 is 13.8. The van der Waals surface area contributed by atoms with Gasteiger partial charge in [-0.05, 0) is 29.8 Å². The van der Waals surface area contributed by atoms with Crippen LogP contribution in [0.15, 0.2) is 59.5 Å². The smallest absolute Gasteiger partial charge is 0.320 e. The first-order chi connectivity index (χ1) is 13.0. The summed E-state index contributed by atoms with van der Waals surface area (Å²) in [5.74, 6) is -0.629. The highest BCUT2D eigenvalue weighted by Crippen LogP contribution is 2.38. The second kappa shape index (κ2) is 9.10. The van der Waals surface area contributed by atoms with E-state index in [4.69, 9.17) is 28.6 Å². The Hall–Kier alpha value is -1.54. The molecule has 0 saturated carbocycles. The zero-order chi connectivity index (χ0) is 19.4. The fourth-order valence-electron chi connectivity index (χ4n) is 2.58. The second-order valence-electron chi connectivity index (χ2n) is 5.73. The van der Waals surface area contributed by atoms with E-state index < -0.39 is 16.5 Å². The number of thiocarbonyl (C=S) groups is 1. The number of rotatable bonds is 6. The van der Waals surface area contributed by atoms with E-state index >= 15 is 0 Å². The Balaban J connectivity index is 1.80. The van der Waals surface area contributed by atoms with E-state index in [-0.39, 0.29) is 5.91 Å². The van der Waals surface area contributed by atoms with Crippen molar-refractivity contribution < 1.29 is 14.3 Å². The summed E-state index contributed by atoms with van der Waals surface area (Å²) in [6.07, 6.45) is 0. The molecule has 0 radical (unpaired) electrons.